The Hall–Kier alpha value is -0.860. The molecule has 0 aromatic carbocycles. The molecule has 0 aromatic heterocycles. The SMILES string of the molecule is CC[C@H](C)N1CC(C=O)CC1=O. The van der Waals surface area contributed by atoms with Crippen LogP contribution in [0, 0.1) is 5.92 Å². The fourth-order valence-corrected chi connectivity index (χ4v) is 1.50. The first kappa shape index (κ1) is 9.23. The first-order valence-corrected chi connectivity index (χ1v) is 4.43. The van der Waals surface area contributed by atoms with Crippen LogP contribution < -0.4 is 0 Å². The van der Waals surface area contributed by atoms with Crippen molar-refractivity contribution in [2.75, 3.05) is 6.54 Å². The number of aldehydes is 1. The summed E-state index contributed by atoms with van der Waals surface area (Å²) in [6.45, 7) is 4.69. The largest absolute Gasteiger partial charge is 0.339 e. The molecule has 0 bridgehead atoms. The third-order valence-corrected chi connectivity index (χ3v) is 2.50. The molecule has 1 unspecified atom stereocenters. The average Bonchev–Trinajstić information content (AvgIpc) is 2.45. The van der Waals surface area contributed by atoms with Crippen molar-refractivity contribution >= 4 is 12.2 Å². The molecule has 0 saturated carbocycles. The van der Waals surface area contributed by atoms with Gasteiger partial charge in [-0.15, -0.1) is 0 Å². The second-order valence-corrected chi connectivity index (χ2v) is 3.40. The van der Waals surface area contributed by atoms with Gasteiger partial charge in [-0.3, -0.25) is 4.79 Å². The molecule has 0 N–H and O–H groups in total. The summed E-state index contributed by atoms with van der Waals surface area (Å²) in [5, 5.41) is 0. The van der Waals surface area contributed by atoms with Gasteiger partial charge in [-0.2, -0.15) is 0 Å². The number of rotatable bonds is 3. The van der Waals surface area contributed by atoms with Gasteiger partial charge in [0.2, 0.25) is 5.91 Å². The monoisotopic (exact) mass is 169 g/mol. The van der Waals surface area contributed by atoms with Crippen molar-refractivity contribution < 1.29 is 9.59 Å². The van der Waals surface area contributed by atoms with E-state index in [0.717, 1.165) is 12.7 Å². The highest BCUT2D eigenvalue weighted by Crippen LogP contribution is 2.19. The summed E-state index contributed by atoms with van der Waals surface area (Å²) < 4.78 is 0. The Morgan fingerprint density at radius 2 is 2.42 bits per heavy atom. The minimum Gasteiger partial charge on any atom is -0.339 e. The number of likely N-dealkylation sites (tertiary alicyclic amines) is 1. The van der Waals surface area contributed by atoms with Gasteiger partial charge in [-0.05, 0) is 13.3 Å². The summed E-state index contributed by atoms with van der Waals surface area (Å²) in [5.74, 6) is 0.0629. The van der Waals surface area contributed by atoms with E-state index in [1.165, 1.54) is 0 Å². The van der Waals surface area contributed by atoms with E-state index in [1.807, 2.05) is 13.8 Å². The van der Waals surface area contributed by atoms with Crippen molar-refractivity contribution in [2.24, 2.45) is 5.92 Å². The Bertz CT molecular complexity index is 191. The minimum absolute atomic E-state index is 0.0634. The quantitative estimate of drug-likeness (QED) is 0.587. The lowest BCUT2D eigenvalue weighted by molar-refractivity contribution is -0.129. The third kappa shape index (κ3) is 1.65. The van der Waals surface area contributed by atoms with Crippen molar-refractivity contribution in [1.29, 1.82) is 0 Å². The van der Waals surface area contributed by atoms with E-state index in [2.05, 4.69) is 0 Å². The van der Waals surface area contributed by atoms with Crippen LogP contribution in [0.4, 0.5) is 0 Å². The maximum Gasteiger partial charge on any atom is 0.223 e. The Balaban J connectivity index is 2.57. The van der Waals surface area contributed by atoms with E-state index in [4.69, 9.17) is 0 Å². The van der Waals surface area contributed by atoms with Crippen LogP contribution in [0.25, 0.3) is 0 Å². The van der Waals surface area contributed by atoms with E-state index in [9.17, 15) is 9.59 Å². The summed E-state index contributed by atoms with van der Waals surface area (Å²) in [4.78, 5) is 23.5. The molecule has 1 saturated heterocycles. The van der Waals surface area contributed by atoms with Gasteiger partial charge in [0, 0.05) is 24.9 Å². The highest BCUT2D eigenvalue weighted by Gasteiger charge is 2.31. The lowest BCUT2D eigenvalue weighted by atomic mass is 10.1. The van der Waals surface area contributed by atoms with Crippen molar-refractivity contribution in [3.05, 3.63) is 0 Å². The molecule has 0 radical (unpaired) electrons. The Kier molecular flexibility index (Phi) is 2.84. The molecule has 0 aliphatic carbocycles. The van der Waals surface area contributed by atoms with Crippen LogP contribution in [-0.2, 0) is 9.59 Å². The van der Waals surface area contributed by atoms with Crippen molar-refractivity contribution in [3.63, 3.8) is 0 Å². The maximum atomic E-state index is 11.3. The number of amides is 1. The average molecular weight is 169 g/mol. The van der Waals surface area contributed by atoms with Gasteiger partial charge in [-0.1, -0.05) is 6.92 Å². The number of carbonyl (C=O) groups is 2. The standard InChI is InChI=1S/C9H15NO2/c1-3-7(2)10-5-8(6-11)4-9(10)12/h6-8H,3-5H2,1-2H3/t7-,8?/m0/s1. The van der Waals surface area contributed by atoms with Crippen molar-refractivity contribution in [2.45, 2.75) is 32.7 Å². The number of nitrogens with zero attached hydrogens (tertiary/aromatic N) is 1. The Morgan fingerprint density at radius 1 is 1.75 bits per heavy atom. The number of hydrogen-bond donors (Lipinski definition) is 0. The van der Waals surface area contributed by atoms with Gasteiger partial charge < -0.3 is 9.69 Å². The predicted molar refractivity (Wildman–Crippen MR) is 45.6 cm³/mol. The predicted octanol–water partition coefficient (Wildman–Crippen LogP) is 0.832. The molecule has 3 nitrogen and oxygen atoms in total. The van der Waals surface area contributed by atoms with Gasteiger partial charge in [0.15, 0.2) is 0 Å². The van der Waals surface area contributed by atoms with Gasteiger partial charge in [0.25, 0.3) is 0 Å². The Morgan fingerprint density at radius 3 is 2.83 bits per heavy atom. The van der Waals surface area contributed by atoms with Gasteiger partial charge in [0.1, 0.15) is 6.29 Å². The molecule has 68 valence electrons. The number of hydrogen-bond acceptors (Lipinski definition) is 2. The first-order valence-electron chi connectivity index (χ1n) is 4.43. The molecule has 12 heavy (non-hydrogen) atoms. The summed E-state index contributed by atoms with van der Waals surface area (Å²) >= 11 is 0. The molecule has 1 rings (SSSR count). The van der Waals surface area contributed by atoms with Crippen LogP contribution in [0.1, 0.15) is 26.7 Å². The van der Waals surface area contributed by atoms with Crippen LogP contribution in [0.15, 0.2) is 0 Å². The van der Waals surface area contributed by atoms with Crippen LogP contribution in [0.5, 0.6) is 0 Å². The van der Waals surface area contributed by atoms with Crippen LogP contribution >= 0.6 is 0 Å². The fourth-order valence-electron chi connectivity index (χ4n) is 1.50. The molecule has 0 spiro atoms. The van der Waals surface area contributed by atoms with E-state index in [0.29, 0.717) is 13.0 Å². The molecular formula is C9H15NO2. The molecular weight excluding hydrogens is 154 g/mol. The van der Waals surface area contributed by atoms with Crippen LogP contribution in [0.2, 0.25) is 0 Å². The zero-order valence-corrected chi connectivity index (χ0v) is 7.62. The highest BCUT2D eigenvalue weighted by molar-refractivity contribution is 5.82. The van der Waals surface area contributed by atoms with E-state index < -0.39 is 0 Å². The topological polar surface area (TPSA) is 37.4 Å². The molecule has 0 aromatic rings. The summed E-state index contributed by atoms with van der Waals surface area (Å²) in [6.07, 6.45) is 2.26. The summed E-state index contributed by atoms with van der Waals surface area (Å²) in [5.41, 5.74) is 0. The first-order chi connectivity index (χ1) is 5.69. The fraction of sp³-hybridized carbons (Fsp3) is 0.778. The van der Waals surface area contributed by atoms with Gasteiger partial charge in [-0.25, -0.2) is 0 Å². The van der Waals surface area contributed by atoms with Gasteiger partial charge in [0.05, 0.1) is 0 Å². The van der Waals surface area contributed by atoms with Crippen molar-refractivity contribution in [3.8, 4) is 0 Å². The normalized spacial score (nSPS) is 26.0. The molecule has 3 heteroatoms. The lowest BCUT2D eigenvalue weighted by Crippen LogP contribution is -2.33. The molecule has 1 heterocycles. The van der Waals surface area contributed by atoms with Crippen molar-refractivity contribution in [1.82, 2.24) is 4.90 Å². The van der Waals surface area contributed by atoms with E-state index in [-0.39, 0.29) is 17.9 Å². The van der Waals surface area contributed by atoms with Crippen LogP contribution in [-0.4, -0.2) is 29.7 Å². The summed E-state index contributed by atoms with van der Waals surface area (Å²) in [6, 6.07) is 0.280. The maximum absolute atomic E-state index is 11.3. The molecule has 1 fully saturated rings. The second-order valence-electron chi connectivity index (χ2n) is 3.40. The molecule has 1 aliphatic heterocycles. The highest BCUT2D eigenvalue weighted by atomic mass is 16.2. The van der Waals surface area contributed by atoms with Crippen LogP contribution in [0.3, 0.4) is 0 Å². The number of carbonyl (C=O) groups excluding carboxylic acids is 2. The van der Waals surface area contributed by atoms with E-state index in [1.54, 1.807) is 4.90 Å². The smallest absolute Gasteiger partial charge is 0.223 e. The Labute approximate surface area is 72.7 Å². The van der Waals surface area contributed by atoms with Gasteiger partial charge >= 0.3 is 0 Å². The second kappa shape index (κ2) is 3.70. The zero-order chi connectivity index (χ0) is 9.14. The molecule has 1 aliphatic rings. The third-order valence-electron chi connectivity index (χ3n) is 2.50. The summed E-state index contributed by atoms with van der Waals surface area (Å²) in [7, 11) is 0. The zero-order valence-electron chi connectivity index (χ0n) is 7.62. The molecule has 1 amide bonds. The van der Waals surface area contributed by atoms with E-state index >= 15 is 0 Å². The minimum atomic E-state index is -0.0634. The molecule has 2 atom stereocenters. The lowest BCUT2D eigenvalue weighted by Gasteiger charge is -2.22.